The van der Waals surface area contributed by atoms with Crippen LogP contribution in [0.1, 0.15) is 44.1 Å². The molecule has 0 N–H and O–H groups in total. The van der Waals surface area contributed by atoms with Gasteiger partial charge in [0.2, 0.25) is 0 Å². The van der Waals surface area contributed by atoms with Gasteiger partial charge in [0, 0.05) is 40.4 Å². The molecule has 0 spiro atoms. The normalized spacial score (nSPS) is 11.8. The van der Waals surface area contributed by atoms with Gasteiger partial charge >= 0.3 is 0 Å². The molecule has 7 aromatic rings. The van der Waals surface area contributed by atoms with Crippen molar-refractivity contribution in [3.63, 3.8) is 0 Å². The van der Waals surface area contributed by atoms with E-state index in [1.807, 2.05) is 47.3 Å². The number of fused-ring (bicyclic) bond motifs is 3. The Morgan fingerprint density at radius 1 is 0.723 bits per heavy atom. The molecule has 0 atom stereocenters. The van der Waals surface area contributed by atoms with E-state index >= 15 is 0 Å². The first-order chi connectivity index (χ1) is 22.7. The Morgan fingerprint density at radius 2 is 1.51 bits per heavy atom. The third kappa shape index (κ3) is 5.99. The molecule has 0 bridgehead atoms. The average Bonchev–Trinajstić information content (AvgIpc) is 3.56. The number of rotatable bonds is 8. The van der Waals surface area contributed by atoms with Gasteiger partial charge in [0.1, 0.15) is 23.1 Å². The fourth-order valence-electron chi connectivity index (χ4n) is 6.41. The van der Waals surface area contributed by atoms with Crippen LogP contribution in [0.4, 0.5) is 0 Å². The molecule has 6 heteroatoms. The Balaban J connectivity index is 1.28. The zero-order valence-electron chi connectivity index (χ0n) is 27.9. The van der Waals surface area contributed by atoms with Gasteiger partial charge in [0.25, 0.3) is 0 Å². The highest BCUT2D eigenvalue weighted by atomic mass is 16.5. The lowest BCUT2D eigenvalue weighted by atomic mass is 9.89. The molecule has 4 aromatic carbocycles. The minimum atomic E-state index is 0.259. The first-order valence-electron chi connectivity index (χ1n) is 16.2. The third-order valence-electron chi connectivity index (χ3n) is 8.80. The summed E-state index contributed by atoms with van der Waals surface area (Å²) < 4.78 is 16.4. The Morgan fingerprint density at radius 3 is 2.30 bits per heavy atom. The number of benzene rings is 4. The molecular formula is C41H40N4O2. The summed E-state index contributed by atoms with van der Waals surface area (Å²) >= 11 is 0. The maximum absolute atomic E-state index is 6.54. The van der Waals surface area contributed by atoms with Crippen molar-refractivity contribution in [2.45, 2.75) is 47.5 Å². The van der Waals surface area contributed by atoms with Crippen LogP contribution in [0.15, 0.2) is 109 Å². The maximum Gasteiger partial charge on any atom is 0.137 e. The minimum Gasteiger partial charge on any atom is -0.497 e. The second kappa shape index (κ2) is 12.1. The third-order valence-corrected chi connectivity index (χ3v) is 8.80. The fraction of sp³-hybridized carbons (Fsp3) is 0.220. The summed E-state index contributed by atoms with van der Waals surface area (Å²) in [5.41, 5.74) is 8.97. The second-order valence-corrected chi connectivity index (χ2v) is 13.4. The number of ether oxygens (including phenoxy) is 2. The summed E-state index contributed by atoms with van der Waals surface area (Å²) in [7, 11) is 1.70. The van der Waals surface area contributed by atoms with Crippen LogP contribution in [0.3, 0.4) is 0 Å². The van der Waals surface area contributed by atoms with Crippen LogP contribution >= 0.6 is 0 Å². The quantitative estimate of drug-likeness (QED) is 0.170. The van der Waals surface area contributed by atoms with Gasteiger partial charge in [-0.15, -0.1) is 0 Å². The molecule has 6 nitrogen and oxygen atoms in total. The standard InChI is InChI=1S/C41H40N4O2/c1-27-40(30-11-8-7-9-12-30)28(2)45(43-27)31-13-10-14-33(24-31)47-34-15-17-35-36-25-32(46-6)16-18-37(36)44(38(35)26-34)39-23-29(20-22-42-39)19-21-41(3,4)5/h7-18,20,22-26H,19,21H2,1-6H3. The maximum atomic E-state index is 6.54. The molecule has 0 fully saturated rings. The number of hydrogen-bond acceptors (Lipinski definition) is 4. The molecule has 0 radical (unpaired) electrons. The van der Waals surface area contributed by atoms with Crippen LogP contribution in [0.25, 0.3) is 44.4 Å². The highest BCUT2D eigenvalue weighted by Crippen LogP contribution is 2.37. The van der Waals surface area contributed by atoms with Gasteiger partial charge < -0.3 is 9.47 Å². The topological polar surface area (TPSA) is 54.1 Å². The van der Waals surface area contributed by atoms with Crippen molar-refractivity contribution in [3.05, 3.63) is 126 Å². The summed E-state index contributed by atoms with van der Waals surface area (Å²) in [5, 5.41) is 7.12. The molecule has 3 heterocycles. The van der Waals surface area contributed by atoms with Crippen LogP contribution in [-0.2, 0) is 6.42 Å². The van der Waals surface area contributed by atoms with Crippen LogP contribution < -0.4 is 9.47 Å². The number of methoxy groups -OCH3 is 1. The van der Waals surface area contributed by atoms with E-state index in [1.54, 1.807) is 7.11 Å². The molecule has 7 rings (SSSR count). The fourth-order valence-corrected chi connectivity index (χ4v) is 6.41. The number of nitrogens with zero attached hydrogens (tertiary/aromatic N) is 4. The Hall–Kier alpha value is -5.36. The monoisotopic (exact) mass is 620 g/mol. The molecule has 0 aliphatic rings. The van der Waals surface area contributed by atoms with Crippen LogP contribution in [0.2, 0.25) is 0 Å². The van der Waals surface area contributed by atoms with Gasteiger partial charge in [-0.2, -0.15) is 5.10 Å². The van der Waals surface area contributed by atoms with E-state index in [0.717, 1.165) is 85.9 Å². The van der Waals surface area contributed by atoms with E-state index in [1.165, 1.54) is 5.56 Å². The lowest BCUT2D eigenvalue weighted by Crippen LogP contribution is -2.07. The molecule has 0 amide bonds. The SMILES string of the molecule is COc1ccc2c(c1)c1ccc(Oc3cccc(-n4nc(C)c(-c5ccccc5)c4C)c3)cc1n2-c1cc(CCC(C)(C)C)ccn1. The van der Waals surface area contributed by atoms with E-state index in [4.69, 9.17) is 19.6 Å². The van der Waals surface area contributed by atoms with Crippen molar-refractivity contribution >= 4 is 21.8 Å². The molecule has 0 aliphatic carbocycles. The minimum absolute atomic E-state index is 0.259. The molecule has 3 aromatic heterocycles. The summed E-state index contributed by atoms with van der Waals surface area (Å²) in [5.74, 6) is 3.19. The summed E-state index contributed by atoms with van der Waals surface area (Å²) in [6, 6.07) is 35.3. The van der Waals surface area contributed by atoms with Gasteiger partial charge in [-0.3, -0.25) is 4.57 Å². The smallest absolute Gasteiger partial charge is 0.137 e. The lowest BCUT2D eigenvalue weighted by molar-refractivity contribution is 0.378. The van der Waals surface area contributed by atoms with E-state index in [-0.39, 0.29) is 5.41 Å². The Labute approximate surface area is 276 Å². The lowest BCUT2D eigenvalue weighted by Gasteiger charge is -2.18. The second-order valence-electron chi connectivity index (χ2n) is 13.4. The molecular weight excluding hydrogens is 580 g/mol. The summed E-state index contributed by atoms with van der Waals surface area (Å²) in [4.78, 5) is 4.85. The van der Waals surface area contributed by atoms with Crippen molar-refractivity contribution in [2.75, 3.05) is 7.11 Å². The zero-order valence-corrected chi connectivity index (χ0v) is 27.9. The van der Waals surface area contributed by atoms with Crippen molar-refractivity contribution in [1.29, 1.82) is 0 Å². The summed E-state index contributed by atoms with van der Waals surface area (Å²) in [6.07, 6.45) is 4.02. The number of aromatic nitrogens is 4. The van der Waals surface area contributed by atoms with E-state index in [0.29, 0.717) is 0 Å². The Bertz CT molecular complexity index is 2220. The molecule has 0 saturated heterocycles. The molecule has 236 valence electrons. The van der Waals surface area contributed by atoms with Gasteiger partial charge in [-0.05, 0) is 97.8 Å². The number of hydrogen-bond donors (Lipinski definition) is 0. The predicted octanol–water partition coefficient (Wildman–Crippen LogP) is 10.4. The van der Waals surface area contributed by atoms with E-state index in [2.05, 4.69) is 106 Å². The largest absolute Gasteiger partial charge is 0.497 e. The van der Waals surface area contributed by atoms with Crippen LogP contribution in [0.5, 0.6) is 17.2 Å². The first kappa shape index (κ1) is 30.3. The molecule has 0 saturated carbocycles. The summed E-state index contributed by atoms with van der Waals surface area (Å²) in [6.45, 7) is 11.0. The van der Waals surface area contributed by atoms with Crippen molar-refractivity contribution in [1.82, 2.24) is 19.3 Å². The van der Waals surface area contributed by atoms with Gasteiger partial charge in [0.05, 0.1) is 29.5 Å². The highest BCUT2D eigenvalue weighted by Gasteiger charge is 2.18. The van der Waals surface area contributed by atoms with Crippen LogP contribution in [-0.4, -0.2) is 26.4 Å². The molecule has 0 aliphatic heterocycles. The van der Waals surface area contributed by atoms with Gasteiger partial charge in [-0.1, -0.05) is 57.2 Å². The van der Waals surface area contributed by atoms with Gasteiger partial charge in [0.15, 0.2) is 0 Å². The zero-order chi connectivity index (χ0) is 32.7. The van der Waals surface area contributed by atoms with Crippen molar-refractivity contribution in [3.8, 4) is 39.9 Å². The van der Waals surface area contributed by atoms with Crippen molar-refractivity contribution < 1.29 is 9.47 Å². The molecule has 47 heavy (non-hydrogen) atoms. The predicted molar refractivity (Wildman–Crippen MR) is 191 cm³/mol. The van der Waals surface area contributed by atoms with Crippen LogP contribution in [0, 0.1) is 19.3 Å². The average molecular weight is 621 g/mol. The highest BCUT2D eigenvalue weighted by molar-refractivity contribution is 6.10. The van der Waals surface area contributed by atoms with Gasteiger partial charge in [-0.25, -0.2) is 9.67 Å². The van der Waals surface area contributed by atoms with Crippen molar-refractivity contribution in [2.24, 2.45) is 5.41 Å². The van der Waals surface area contributed by atoms with E-state index in [9.17, 15) is 0 Å². The first-order valence-corrected chi connectivity index (χ1v) is 16.2. The number of aryl methyl sites for hydroxylation is 2. The molecule has 0 unspecified atom stereocenters. The Kier molecular flexibility index (Phi) is 7.80. The van der Waals surface area contributed by atoms with E-state index < -0.39 is 0 Å². The number of pyridine rings is 1.